The van der Waals surface area contributed by atoms with Crippen LogP contribution in [-0.2, 0) is 9.63 Å². The first-order chi connectivity index (χ1) is 11.0. The Labute approximate surface area is 135 Å². The van der Waals surface area contributed by atoms with Gasteiger partial charge in [0.25, 0.3) is 0 Å². The first-order valence-corrected chi connectivity index (χ1v) is 7.31. The summed E-state index contributed by atoms with van der Waals surface area (Å²) in [5.74, 6) is 0.168. The molecule has 5 heteroatoms. The highest BCUT2D eigenvalue weighted by Crippen LogP contribution is 2.18. The van der Waals surface area contributed by atoms with Crippen LogP contribution in [0.5, 0.6) is 5.75 Å². The number of carbonyl (C=O) groups excluding carboxylic acids is 1. The molecule has 0 fully saturated rings. The highest BCUT2D eigenvalue weighted by atomic mass is 16.7. The van der Waals surface area contributed by atoms with Crippen molar-refractivity contribution in [3.63, 3.8) is 0 Å². The fourth-order valence-corrected chi connectivity index (χ4v) is 1.95. The molecule has 0 heterocycles. The third-order valence-corrected chi connectivity index (χ3v) is 3.28. The summed E-state index contributed by atoms with van der Waals surface area (Å²) in [5.41, 5.74) is 8.50. The van der Waals surface area contributed by atoms with Crippen LogP contribution >= 0.6 is 0 Å². The molecule has 0 bridgehead atoms. The van der Waals surface area contributed by atoms with E-state index in [1.807, 2.05) is 50.2 Å². The van der Waals surface area contributed by atoms with E-state index in [0.717, 1.165) is 11.1 Å². The number of para-hydroxylation sites is 1. The van der Waals surface area contributed by atoms with Crippen molar-refractivity contribution >= 4 is 11.8 Å². The van der Waals surface area contributed by atoms with E-state index in [1.165, 1.54) is 0 Å². The van der Waals surface area contributed by atoms with E-state index in [-0.39, 0.29) is 5.84 Å². The van der Waals surface area contributed by atoms with Gasteiger partial charge in [-0.3, -0.25) is 0 Å². The van der Waals surface area contributed by atoms with Gasteiger partial charge in [-0.05, 0) is 38.5 Å². The molecule has 0 saturated carbocycles. The van der Waals surface area contributed by atoms with Gasteiger partial charge in [-0.2, -0.15) is 0 Å². The van der Waals surface area contributed by atoms with Gasteiger partial charge >= 0.3 is 5.97 Å². The molecule has 5 nitrogen and oxygen atoms in total. The van der Waals surface area contributed by atoms with Crippen LogP contribution < -0.4 is 10.5 Å². The maximum Gasteiger partial charge on any atom is 0.374 e. The standard InChI is InChI=1S/C18H20N2O3/c1-12-7-6-9-15(11-12)17(19)20-23-18(21)14(3)22-16-10-5-4-8-13(16)2/h4-11,14H,1-3H3,(H2,19,20). The highest BCUT2D eigenvalue weighted by Gasteiger charge is 2.18. The predicted molar refractivity (Wildman–Crippen MR) is 89.3 cm³/mol. The van der Waals surface area contributed by atoms with Gasteiger partial charge in [0.1, 0.15) is 5.75 Å². The second kappa shape index (κ2) is 7.45. The molecule has 0 aliphatic heterocycles. The molecule has 2 rings (SSSR count). The Morgan fingerprint density at radius 3 is 2.57 bits per heavy atom. The monoisotopic (exact) mass is 312 g/mol. The number of rotatable bonds is 5. The summed E-state index contributed by atoms with van der Waals surface area (Å²) in [6, 6.07) is 14.9. The maximum absolute atomic E-state index is 12.0. The molecule has 2 aromatic carbocycles. The average Bonchev–Trinajstić information content (AvgIpc) is 2.54. The van der Waals surface area contributed by atoms with Crippen molar-refractivity contribution in [3.05, 3.63) is 65.2 Å². The Bertz CT molecular complexity index is 726. The zero-order chi connectivity index (χ0) is 16.8. The molecule has 1 atom stereocenters. The number of oxime groups is 1. The minimum absolute atomic E-state index is 0.144. The van der Waals surface area contributed by atoms with E-state index < -0.39 is 12.1 Å². The van der Waals surface area contributed by atoms with Crippen molar-refractivity contribution in [1.82, 2.24) is 0 Å². The summed E-state index contributed by atoms with van der Waals surface area (Å²) < 4.78 is 5.58. The second-order valence-corrected chi connectivity index (χ2v) is 5.28. The van der Waals surface area contributed by atoms with Gasteiger partial charge in [0.2, 0.25) is 0 Å². The van der Waals surface area contributed by atoms with E-state index in [2.05, 4.69) is 5.16 Å². The summed E-state index contributed by atoms with van der Waals surface area (Å²) in [4.78, 5) is 16.8. The molecule has 0 amide bonds. The van der Waals surface area contributed by atoms with Gasteiger partial charge in [0, 0.05) is 5.56 Å². The SMILES string of the molecule is Cc1cccc(C(N)=NOC(=O)C(C)Oc2ccccc2C)c1. The molecule has 0 radical (unpaired) electrons. The Morgan fingerprint density at radius 1 is 1.13 bits per heavy atom. The van der Waals surface area contributed by atoms with Crippen molar-refractivity contribution < 1.29 is 14.4 Å². The number of nitrogens with zero attached hydrogens (tertiary/aromatic N) is 1. The lowest BCUT2D eigenvalue weighted by atomic mass is 10.1. The molecule has 0 aliphatic rings. The van der Waals surface area contributed by atoms with Crippen molar-refractivity contribution in [2.45, 2.75) is 26.9 Å². The maximum atomic E-state index is 12.0. The van der Waals surface area contributed by atoms with E-state index in [0.29, 0.717) is 11.3 Å². The van der Waals surface area contributed by atoms with Crippen LogP contribution in [0.15, 0.2) is 53.7 Å². The third kappa shape index (κ3) is 4.57. The molecule has 0 aliphatic carbocycles. The predicted octanol–water partition coefficient (Wildman–Crippen LogP) is 2.93. The summed E-state index contributed by atoms with van der Waals surface area (Å²) in [6.07, 6.45) is -0.787. The Hall–Kier alpha value is -2.82. The summed E-state index contributed by atoms with van der Waals surface area (Å²) in [6.45, 7) is 5.45. The molecule has 0 saturated heterocycles. The quantitative estimate of drug-likeness (QED) is 0.399. The van der Waals surface area contributed by atoms with Gasteiger partial charge in [0.05, 0.1) is 0 Å². The van der Waals surface area contributed by atoms with Gasteiger partial charge in [-0.25, -0.2) is 4.79 Å². The van der Waals surface area contributed by atoms with E-state index in [4.69, 9.17) is 15.3 Å². The third-order valence-electron chi connectivity index (χ3n) is 3.28. The molecular weight excluding hydrogens is 292 g/mol. The summed E-state index contributed by atoms with van der Waals surface area (Å²) in [7, 11) is 0. The number of aryl methyl sites for hydroxylation is 2. The zero-order valence-electron chi connectivity index (χ0n) is 13.4. The molecule has 120 valence electrons. The normalized spacial score (nSPS) is 12.6. The number of hydrogen-bond donors (Lipinski definition) is 1. The van der Waals surface area contributed by atoms with E-state index >= 15 is 0 Å². The van der Waals surface area contributed by atoms with Crippen molar-refractivity contribution in [2.24, 2.45) is 10.9 Å². The molecule has 2 aromatic rings. The molecular formula is C18H20N2O3. The number of hydrogen-bond acceptors (Lipinski definition) is 4. The van der Waals surface area contributed by atoms with Gasteiger partial charge in [-0.15, -0.1) is 0 Å². The highest BCUT2D eigenvalue weighted by molar-refractivity contribution is 5.97. The number of amidine groups is 1. The van der Waals surface area contributed by atoms with E-state index in [1.54, 1.807) is 19.1 Å². The number of ether oxygens (including phenoxy) is 1. The summed E-state index contributed by atoms with van der Waals surface area (Å²) in [5, 5.41) is 3.69. The Balaban J connectivity index is 1.98. The van der Waals surface area contributed by atoms with Crippen LogP contribution in [0.2, 0.25) is 0 Å². The van der Waals surface area contributed by atoms with Crippen LogP contribution in [-0.4, -0.2) is 17.9 Å². The van der Waals surface area contributed by atoms with Crippen molar-refractivity contribution in [3.8, 4) is 5.75 Å². The summed E-state index contributed by atoms with van der Waals surface area (Å²) >= 11 is 0. The molecule has 23 heavy (non-hydrogen) atoms. The van der Waals surface area contributed by atoms with Crippen molar-refractivity contribution in [1.29, 1.82) is 0 Å². The average molecular weight is 312 g/mol. The van der Waals surface area contributed by atoms with Gasteiger partial charge < -0.3 is 15.3 Å². The lowest BCUT2D eigenvalue weighted by Crippen LogP contribution is -2.26. The van der Waals surface area contributed by atoms with Gasteiger partial charge in [0.15, 0.2) is 11.9 Å². The number of nitrogens with two attached hydrogens (primary N) is 1. The number of carbonyl (C=O) groups is 1. The first kappa shape index (κ1) is 16.5. The molecule has 1 unspecified atom stereocenters. The first-order valence-electron chi connectivity index (χ1n) is 7.31. The smallest absolute Gasteiger partial charge is 0.374 e. The minimum Gasteiger partial charge on any atom is -0.479 e. The molecule has 2 N–H and O–H groups in total. The van der Waals surface area contributed by atoms with E-state index in [9.17, 15) is 4.79 Å². The van der Waals surface area contributed by atoms with Crippen molar-refractivity contribution in [2.75, 3.05) is 0 Å². The topological polar surface area (TPSA) is 73.9 Å². The molecule has 0 aromatic heterocycles. The zero-order valence-corrected chi connectivity index (χ0v) is 13.4. The fraction of sp³-hybridized carbons (Fsp3) is 0.222. The lowest BCUT2D eigenvalue weighted by molar-refractivity contribution is -0.151. The number of benzene rings is 2. The second-order valence-electron chi connectivity index (χ2n) is 5.28. The van der Waals surface area contributed by atoms with Gasteiger partial charge in [-0.1, -0.05) is 47.1 Å². The van der Waals surface area contributed by atoms with Crippen LogP contribution in [0.3, 0.4) is 0 Å². The lowest BCUT2D eigenvalue weighted by Gasteiger charge is -2.13. The fourth-order valence-electron chi connectivity index (χ4n) is 1.95. The van der Waals surface area contributed by atoms with Crippen LogP contribution in [0.1, 0.15) is 23.6 Å². The molecule has 0 spiro atoms. The van der Waals surface area contributed by atoms with Crippen LogP contribution in [0.4, 0.5) is 0 Å². The minimum atomic E-state index is -0.787. The Morgan fingerprint density at radius 2 is 1.87 bits per heavy atom. The van der Waals surface area contributed by atoms with Crippen LogP contribution in [0, 0.1) is 13.8 Å². The largest absolute Gasteiger partial charge is 0.479 e. The van der Waals surface area contributed by atoms with Crippen LogP contribution in [0.25, 0.3) is 0 Å². The Kier molecular flexibility index (Phi) is 5.36.